The minimum Gasteiger partial charge on any atom is -0.484 e. The fourth-order valence-corrected chi connectivity index (χ4v) is 2.15. The summed E-state index contributed by atoms with van der Waals surface area (Å²) < 4.78 is 6.12. The third kappa shape index (κ3) is 4.51. The molecule has 0 fully saturated rings. The largest absolute Gasteiger partial charge is 0.484 e. The molecule has 0 radical (unpaired) electrons. The van der Waals surface area contributed by atoms with Crippen LogP contribution in [-0.2, 0) is 4.79 Å². The van der Waals surface area contributed by atoms with Crippen molar-refractivity contribution in [3.8, 4) is 5.75 Å². The zero-order valence-electron chi connectivity index (χ0n) is 10.6. The van der Waals surface area contributed by atoms with Gasteiger partial charge in [0.2, 0.25) is 0 Å². The SMILES string of the molecule is Cc1cc(Br)cc([N+](=O)[O-])c1OC(C)CCC(=O)O. The molecule has 19 heavy (non-hydrogen) atoms. The van der Waals surface area contributed by atoms with Crippen LogP contribution in [0.3, 0.4) is 0 Å². The van der Waals surface area contributed by atoms with Crippen molar-refractivity contribution in [2.45, 2.75) is 32.8 Å². The Kier molecular flexibility index (Phi) is 5.29. The maximum Gasteiger partial charge on any atom is 0.312 e. The third-order valence-electron chi connectivity index (χ3n) is 2.50. The van der Waals surface area contributed by atoms with Crippen molar-refractivity contribution in [3.05, 3.63) is 32.3 Å². The molecule has 0 aliphatic heterocycles. The van der Waals surface area contributed by atoms with Crippen molar-refractivity contribution in [3.63, 3.8) is 0 Å². The van der Waals surface area contributed by atoms with Gasteiger partial charge < -0.3 is 9.84 Å². The predicted octanol–water partition coefficient (Wildman–Crippen LogP) is 3.30. The van der Waals surface area contributed by atoms with Crippen LogP contribution in [0, 0.1) is 17.0 Å². The van der Waals surface area contributed by atoms with Crippen molar-refractivity contribution in [2.75, 3.05) is 0 Å². The first-order chi connectivity index (χ1) is 8.81. The molecule has 0 amide bonds. The molecule has 7 heteroatoms. The fraction of sp³-hybridized carbons (Fsp3) is 0.417. The third-order valence-corrected chi connectivity index (χ3v) is 2.96. The number of hydrogen-bond acceptors (Lipinski definition) is 4. The topological polar surface area (TPSA) is 89.7 Å². The minimum atomic E-state index is -0.919. The summed E-state index contributed by atoms with van der Waals surface area (Å²) in [6, 6.07) is 3.08. The molecule has 104 valence electrons. The number of halogens is 1. The summed E-state index contributed by atoms with van der Waals surface area (Å²) in [5.41, 5.74) is 0.498. The number of aryl methyl sites for hydroxylation is 1. The monoisotopic (exact) mass is 331 g/mol. The zero-order valence-corrected chi connectivity index (χ0v) is 12.1. The highest BCUT2D eigenvalue weighted by molar-refractivity contribution is 9.10. The first-order valence-corrected chi connectivity index (χ1v) is 6.43. The molecule has 1 aromatic rings. The number of ether oxygens (including phenoxy) is 1. The van der Waals surface area contributed by atoms with Crippen LogP contribution in [0.5, 0.6) is 5.75 Å². The van der Waals surface area contributed by atoms with Gasteiger partial charge in [-0.05, 0) is 31.9 Å². The second kappa shape index (κ2) is 6.51. The lowest BCUT2D eigenvalue weighted by molar-refractivity contribution is -0.386. The standard InChI is InChI=1S/C12H14BrNO5/c1-7-5-9(13)6-10(14(17)18)12(7)19-8(2)3-4-11(15)16/h5-6,8H,3-4H2,1-2H3,(H,15,16). The molecule has 0 spiro atoms. The van der Waals surface area contributed by atoms with Gasteiger partial charge in [0.15, 0.2) is 5.75 Å². The van der Waals surface area contributed by atoms with E-state index in [4.69, 9.17) is 9.84 Å². The average Bonchev–Trinajstić information content (AvgIpc) is 2.29. The van der Waals surface area contributed by atoms with Gasteiger partial charge in [-0.2, -0.15) is 0 Å². The van der Waals surface area contributed by atoms with E-state index < -0.39 is 17.0 Å². The van der Waals surface area contributed by atoms with E-state index in [2.05, 4.69) is 15.9 Å². The van der Waals surface area contributed by atoms with E-state index in [1.165, 1.54) is 6.07 Å². The van der Waals surface area contributed by atoms with E-state index in [1.54, 1.807) is 19.9 Å². The van der Waals surface area contributed by atoms with E-state index in [1.807, 2.05) is 0 Å². The van der Waals surface area contributed by atoms with Gasteiger partial charge in [0, 0.05) is 17.0 Å². The lowest BCUT2D eigenvalue weighted by Gasteiger charge is -2.15. The number of benzene rings is 1. The van der Waals surface area contributed by atoms with Gasteiger partial charge in [0.1, 0.15) is 0 Å². The summed E-state index contributed by atoms with van der Waals surface area (Å²) in [7, 11) is 0. The van der Waals surface area contributed by atoms with Crippen LogP contribution < -0.4 is 4.74 Å². The zero-order chi connectivity index (χ0) is 14.6. The molecular weight excluding hydrogens is 318 g/mol. The molecule has 0 aliphatic carbocycles. The quantitative estimate of drug-likeness (QED) is 0.638. The van der Waals surface area contributed by atoms with Crippen molar-refractivity contribution in [2.24, 2.45) is 0 Å². The smallest absolute Gasteiger partial charge is 0.312 e. The molecule has 0 bridgehead atoms. The Hall–Kier alpha value is -1.63. The molecule has 1 rings (SSSR count). The number of rotatable bonds is 6. The number of nitro benzene ring substituents is 1. The first-order valence-electron chi connectivity index (χ1n) is 5.64. The van der Waals surface area contributed by atoms with E-state index in [0.29, 0.717) is 16.5 Å². The van der Waals surface area contributed by atoms with Crippen LogP contribution in [0.2, 0.25) is 0 Å². The number of carboxylic acid groups (broad SMARTS) is 1. The summed E-state index contributed by atoms with van der Waals surface area (Å²) in [6.07, 6.45) is -0.151. The molecule has 1 unspecified atom stereocenters. The van der Waals surface area contributed by atoms with Crippen LogP contribution >= 0.6 is 15.9 Å². The van der Waals surface area contributed by atoms with Crippen LogP contribution in [0.4, 0.5) is 5.69 Å². The molecular formula is C12H14BrNO5. The van der Waals surface area contributed by atoms with Gasteiger partial charge in [-0.1, -0.05) is 15.9 Å². The molecule has 0 saturated carbocycles. The van der Waals surface area contributed by atoms with Gasteiger partial charge in [0.25, 0.3) is 0 Å². The predicted molar refractivity (Wildman–Crippen MR) is 72.5 cm³/mol. The van der Waals surface area contributed by atoms with Gasteiger partial charge in [-0.15, -0.1) is 0 Å². The van der Waals surface area contributed by atoms with Gasteiger partial charge in [-0.3, -0.25) is 14.9 Å². The second-order valence-corrected chi connectivity index (χ2v) is 5.10. The van der Waals surface area contributed by atoms with Crippen molar-refractivity contribution >= 4 is 27.6 Å². The lowest BCUT2D eigenvalue weighted by atomic mass is 10.1. The maximum absolute atomic E-state index is 11.0. The van der Waals surface area contributed by atoms with Crippen molar-refractivity contribution in [1.82, 2.24) is 0 Å². The van der Waals surface area contributed by atoms with Crippen molar-refractivity contribution in [1.29, 1.82) is 0 Å². The molecule has 1 N–H and O–H groups in total. The van der Waals surface area contributed by atoms with Crippen LogP contribution in [0.25, 0.3) is 0 Å². The Balaban J connectivity index is 2.93. The first kappa shape index (κ1) is 15.4. The lowest BCUT2D eigenvalue weighted by Crippen LogP contribution is -2.15. The van der Waals surface area contributed by atoms with E-state index >= 15 is 0 Å². The number of nitrogens with zero attached hydrogens (tertiary/aromatic N) is 1. The van der Waals surface area contributed by atoms with E-state index in [9.17, 15) is 14.9 Å². The normalized spacial score (nSPS) is 11.9. The summed E-state index contributed by atoms with van der Waals surface area (Å²) in [5.74, 6) is -0.733. The summed E-state index contributed by atoms with van der Waals surface area (Å²) in [4.78, 5) is 20.9. The van der Waals surface area contributed by atoms with E-state index in [0.717, 1.165) is 0 Å². The fourth-order valence-electron chi connectivity index (χ4n) is 1.59. The highest BCUT2D eigenvalue weighted by Crippen LogP contribution is 2.35. The second-order valence-electron chi connectivity index (χ2n) is 4.19. The Bertz CT molecular complexity index is 503. The summed E-state index contributed by atoms with van der Waals surface area (Å²) in [5, 5.41) is 19.6. The highest BCUT2D eigenvalue weighted by atomic mass is 79.9. The number of hydrogen-bond donors (Lipinski definition) is 1. The number of nitro groups is 1. The molecule has 1 atom stereocenters. The minimum absolute atomic E-state index is 0.0372. The molecule has 1 aromatic carbocycles. The van der Waals surface area contributed by atoms with Crippen LogP contribution in [-0.4, -0.2) is 22.1 Å². The number of carbonyl (C=O) groups is 1. The Morgan fingerprint density at radius 3 is 2.74 bits per heavy atom. The number of carboxylic acids is 1. The molecule has 0 aromatic heterocycles. The van der Waals surface area contributed by atoms with Crippen molar-refractivity contribution < 1.29 is 19.6 Å². The Morgan fingerprint density at radius 2 is 2.21 bits per heavy atom. The number of aliphatic carboxylic acids is 1. The van der Waals surface area contributed by atoms with E-state index in [-0.39, 0.29) is 17.9 Å². The van der Waals surface area contributed by atoms with Crippen LogP contribution in [0.1, 0.15) is 25.3 Å². The Labute approximate surface area is 118 Å². The molecule has 0 heterocycles. The molecule has 0 aliphatic rings. The maximum atomic E-state index is 11.0. The summed E-state index contributed by atoms with van der Waals surface area (Å²) >= 11 is 3.19. The van der Waals surface area contributed by atoms with Gasteiger partial charge >= 0.3 is 11.7 Å². The molecule has 6 nitrogen and oxygen atoms in total. The van der Waals surface area contributed by atoms with Gasteiger partial charge in [0.05, 0.1) is 11.0 Å². The molecule has 0 saturated heterocycles. The van der Waals surface area contributed by atoms with Gasteiger partial charge in [-0.25, -0.2) is 0 Å². The summed E-state index contributed by atoms with van der Waals surface area (Å²) in [6.45, 7) is 3.39. The Morgan fingerprint density at radius 1 is 1.58 bits per heavy atom. The highest BCUT2D eigenvalue weighted by Gasteiger charge is 2.21. The van der Waals surface area contributed by atoms with Crippen LogP contribution in [0.15, 0.2) is 16.6 Å². The average molecular weight is 332 g/mol.